The molecule has 1 atom stereocenters. The highest BCUT2D eigenvalue weighted by atomic mass is 19.4. The molecular formula is C20H23F6N3O5. The summed E-state index contributed by atoms with van der Waals surface area (Å²) >= 11 is 0. The molecule has 3 heterocycles. The van der Waals surface area contributed by atoms with Gasteiger partial charge in [-0.3, -0.25) is 9.88 Å². The van der Waals surface area contributed by atoms with Crippen molar-refractivity contribution >= 4 is 11.9 Å². The molecule has 0 aromatic carbocycles. The van der Waals surface area contributed by atoms with E-state index in [-0.39, 0.29) is 6.10 Å². The van der Waals surface area contributed by atoms with Crippen LogP contribution >= 0.6 is 0 Å². The van der Waals surface area contributed by atoms with Gasteiger partial charge < -0.3 is 19.5 Å². The van der Waals surface area contributed by atoms with Crippen LogP contribution < -0.4 is 0 Å². The number of carboxylic acid groups (broad SMARTS) is 2. The van der Waals surface area contributed by atoms with E-state index in [1.165, 1.54) is 5.69 Å². The van der Waals surface area contributed by atoms with E-state index in [9.17, 15) is 26.3 Å². The number of pyridine rings is 1. The molecule has 1 aliphatic rings. The molecule has 0 fully saturated rings. The fourth-order valence-corrected chi connectivity index (χ4v) is 2.82. The minimum absolute atomic E-state index is 0.230. The van der Waals surface area contributed by atoms with E-state index in [1.54, 1.807) is 7.11 Å². The predicted octanol–water partition coefficient (Wildman–Crippen LogP) is 3.49. The number of hydrogen-bond acceptors (Lipinski definition) is 5. The number of fused-ring (bicyclic) bond motifs is 1. The Kier molecular flexibility index (Phi) is 10.5. The molecule has 0 saturated carbocycles. The van der Waals surface area contributed by atoms with Crippen LogP contribution in [0.5, 0.6) is 0 Å². The number of methoxy groups -OCH3 is 1. The van der Waals surface area contributed by atoms with Gasteiger partial charge in [0.05, 0.1) is 11.8 Å². The lowest BCUT2D eigenvalue weighted by Crippen LogP contribution is -2.32. The van der Waals surface area contributed by atoms with Crippen molar-refractivity contribution in [3.05, 3.63) is 53.6 Å². The number of aryl methyl sites for hydroxylation is 1. The second kappa shape index (κ2) is 12.4. The normalized spacial score (nSPS) is 16.2. The van der Waals surface area contributed by atoms with Crippen molar-refractivity contribution in [2.75, 3.05) is 13.7 Å². The maximum Gasteiger partial charge on any atom is 0.490 e. The number of carboxylic acids is 2. The molecule has 0 amide bonds. The number of nitrogens with zero attached hydrogens (tertiary/aromatic N) is 3. The van der Waals surface area contributed by atoms with Crippen molar-refractivity contribution < 1.29 is 50.9 Å². The molecule has 0 saturated heterocycles. The van der Waals surface area contributed by atoms with E-state index in [1.807, 2.05) is 13.0 Å². The fourth-order valence-electron chi connectivity index (χ4n) is 2.82. The van der Waals surface area contributed by atoms with Crippen molar-refractivity contribution in [2.45, 2.75) is 45.0 Å². The summed E-state index contributed by atoms with van der Waals surface area (Å²) in [5, 5.41) is 14.2. The number of halogens is 6. The summed E-state index contributed by atoms with van der Waals surface area (Å²) in [5.41, 5.74) is 3.54. The van der Waals surface area contributed by atoms with Gasteiger partial charge in [0.25, 0.3) is 0 Å². The van der Waals surface area contributed by atoms with Crippen molar-refractivity contribution in [1.82, 2.24) is 14.5 Å². The highest BCUT2D eigenvalue weighted by Crippen LogP contribution is 2.17. The standard InChI is InChI=1S/C16H21N3O.2C2HF3O2/c1-13-5-3-6-14(17-13)9-18-10-15-7-4-8-19(15)12-16(11-18)20-2;2*3-2(4,5)1(6)7/h3-8,16H,9-12H2,1-2H3;2*(H,6,7). The summed E-state index contributed by atoms with van der Waals surface area (Å²) in [6, 6.07) is 10.5. The Morgan fingerprint density at radius 1 is 1.03 bits per heavy atom. The van der Waals surface area contributed by atoms with Crippen LogP contribution in [0.2, 0.25) is 0 Å². The highest BCUT2D eigenvalue weighted by molar-refractivity contribution is 5.73. The van der Waals surface area contributed by atoms with Crippen molar-refractivity contribution in [2.24, 2.45) is 0 Å². The Balaban J connectivity index is 0.000000343. The largest absolute Gasteiger partial charge is 0.490 e. The van der Waals surface area contributed by atoms with Gasteiger partial charge in [-0.15, -0.1) is 0 Å². The number of aliphatic carboxylic acids is 2. The first kappa shape index (κ1) is 28.9. The number of alkyl halides is 6. The first-order valence-electron chi connectivity index (χ1n) is 9.55. The summed E-state index contributed by atoms with van der Waals surface area (Å²) < 4.78 is 71.4. The number of ether oxygens (including phenoxy) is 1. The van der Waals surface area contributed by atoms with E-state index in [0.717, 1.165) is 37.6 Å². The van der Waals surface area contributed by atoms with Gasteiger partial charge in [-0.05, 0) is 31.2 Å². The van der Waals surface area contributed by atoms with Crippen LogP contribution in [0.15, 0.2) is 36.5 Å². The average molecular weight is 499 g/mol. The van der Waals surface area contributed by atoms with Gasteiger partial charge in [0, 0.05) is 50.9 Å². The SMILES string of the molecule is COC1CN(Cc2cccc(C)n2)Cc2cccn2C1.O=C(O)C(F)(F)F.O=C(O)C(F)(F)F. The van der Waals surface area contributed by atoms with Crippen LogP contribution in [0, 0.1) is 6.92 Å². The fraction of sp³-hybridized carbons (Fsp3) is 0.450. The molecule has 3 rings (SSSR count). The molecular weight excluding hydrogens is 476 g/mol. The summed E-state index contributed by atoms with van der Waals surface area (Å²) in [6.45, 7) is 5.72. The molecule has 0 spiro atoms. The van der Waals surface area contributed by atoms with Gasteiger partial charge in [0.2, 0.25) is 0 Å². The minimum Gasteiger partial charge on any atom is -0.475 e. The Morgan fingerprint density at radius 3 is 2.06 bits per heavy atom. The van der Waals surface area contributed by atoms with Crippen molar-refractivity contribution in [3.8, 4) is 0 Å². The first-order valence-corrected chi connectivity index (χ1v) is 9.55. The van der Waals surface area contributed by atoms with Crippen LogP contribution in [0.25, 0.3) is 0 Å². The lowest BCUT2D eigenvalue weighted by molar-refractivity contribution is -0.193. The van der Waals surface area contributed by atoms with E-state index < -0.39 is 24.3 Å². The maximum absolute atomic E-state index is 10.6. The summed E-state index contributed by atoms with van der Waals surface area (Å²) in [6.07, 6.45) is -7.80. The van der Waals surface area contributed by atoms with E-state index in [0.29, 0.717) is 0 Å². The minimum atomic E-state index is -5.08. The van der Waals surface area contributed by atoms with Crippen molar-refractivity contribution in [3.63, 3.8) is 0 Å². The zero-order chi connectivity index (χ0) is 26.1. The highest BCUT2D eigenvalue weighted by Gasteiger charge is 2.38. The van der Waals surface area contributed by atoms with Crippen LogP contribution in [-0.2, 0) is 34.0 Å². The lowest BCUT2D eigenvalue weighted by Gasteiger charge is -2.22. The predicted molar refractivity (Wildman–Crippen MR) is 106 cm³/mol. The summed E-state index contributed by atoms with van der Waals surface area (Å²) in [4.78, 5) is 24.8. The third-order valence-electron chi connectivity index (χ3n) is 4.32. The monoisotopic (exact) mass is 499 g/mol. The molecule has 0 aliphatic carbocycles. The Hall–Kier alpha value is -3.13. The zero-order valence-electron chi connectivity index (χ0n) is 18.1. The zero-order valence-corrected chi connectivity index (χ0v) is 18.1. The van der Waals surface area contributed by atoms with E-state index in [4.69, 9.17) is 24.5 Å². The molecule has 8 nitrogen and oxygen atoms in total. The van der Waals surface area contributed by atoms with Gasteiger partial charge in [-0.25, -0.2) is 9.59 Å². The first-order chi connectivity index (χ1) is 15.6. The molecule has 34 heavy (non-hydrogen) atoms. The molecule has 2 aromatic heterocycles. The molecule has 190 valence electrons. The van der Waals surface area contributed by atoms with E-state index in [2.05, 4.69) is 44.9 Å². The van der Waals surface area contributed by atoms with Gasteiger partial charge in [-0.1, -0.05) is 6.07 Å². The van der Waals surface area contributed by atoms with Crippen LogP contribution in [0.3, 0.4) is 0 Å². The molecule has 14 heteroatoms. The molecule has 2 N–H and O–H groups in total. The van der Waals surface area contributed by atoms with E-state index >= 15 is 0 Å². The Labute approximate surface area is 190 Å². The second-order valence-corrected chi connectivity index (χ2v) is 7.06. The topological polar surface area (TPSA) is 105 Å². The molecule has 1 unspecified atom stereocenters. The number of rotatable bonds is 3. The van der Waals surface area contributed by atoms with Gasteiger partial charge in [0.15, 0.2) is 0 Å². The molecule has 0 bridgehead atoms. The lowest BCUT2D eigenvalue weighted by atomic mass is 10.2. The van der Waals surface area contributed by atoms with Crippen LogP contribution in [0.1, 0.15) is 17.1 Å². The number of aromatic nitrogens is 2. The smallest absolute Gasteiger partial charge is 0.475 e. The third kappa shape index (κ3) is 10.2. The molecule has 2 aromatic rings. The Bertz CT molecular complexity index is 921. The quantitative estimate of drug-likeness (QED) is 0.623. The van der Waals surface area contributed by atoms with Crippen molar-refractivity contribution in [1.29, 1.82) is 0 Å². The number of hydrogen-bond donors (Lipinski definition) is 2. The Morgan fingerprint density at radius 2 is 1.59 bits per heavy atom. The summed E-state index contributed by atoms with van der Waals surface area (Å²) in [7, 11) is 1.79. The second-order valence-electron chi connectivity index (χ2n) is 7.06. The van der Waals surface area contributed by atoms with Crippen LogP contribution in [-0.4, -0.2) is 68.7 Å². The van der Waals surface area contributed by atoms with Gasteiger partial charge in [-0.2, -0.15) is 26.3 Å². The maximum atomic E-state index is 10.6. The molecule has 0 radical (unpaired) electrons. The average Bonchev–Trinajstić information content (AvgIpc) is 3.06. The van der Waals surface area contributed by atoms with Gasteiger partial charge in [0.1, 0.15) is 0 Å². The summed E-state index contributed by atoms with van der Waals surface area (Å²) in [5.74, 6) is -5.51. The van der Waals surface area contributed by atoms with Crippen LogP contribution in [0.4, 0.5) is 26.3 Å². The third-order valence-corrected chi connectivity index (χ3v) is 4.32. The number of carbonyl (C=O) groups is 2. The molecule has 1 aliphatic heterocycles. The van der Waals surface area contributed by atoms with Gasteiger partial charge >= 0.3 is 24.3 Å².